The monoisotopic (exact) mass is 323 g/mol. The Hall–Kier alpha value is -2.70. The van der Waals surface area contributed by atoms with Crippen molar-refractivity contribution in [3.8, 4) is 0 Å². The maximum absolute atomic E-state index is 13.9. The van der Waals surface area contributed by atoms with Crippen LogP contribution in [0.1, 0.15) is 22.8 Å². The Morgan fingerprint density at radius 3 is 2.22 bits per heavy atom. The first-order valence-electron chi connectivity index (χ1n) is 6.61. The average molecular weight is 323 g/mol. The van der Waals surface area contributed by atoms with Crippen molar-refractivity contribution >= 4 is 23.1 Å². The normalized spacial score (nSPS) is 13.4. The number of hydrogen-bond donors (Lipinski definition) is 0. The number of fused-ring (bicyclic) bond motifs is 1. The van der Waals surface area contributed by atoms with E-state index >= 15 is 0 Å². The SMILES string of the molecule is CC(=O)c1ccc2c(c1)CC(=O)N2c1c(F)c(F)cc(F)c1F. The summed E-state index contributed by atoms with van der Waals surface area (Å²) < 4.78 is 54.6. The minimum absolute atomic E-state index is 0.0779. The molecule has 7 heteroatoms. The standard InChI is InChI=1S/C16H9F4NO2/c1-7(22)8-2-3-12-9(4-8)5-13(23)21(12)16-14(19)10(17)6-11(18)15(16)20/h2-4,6H,5H2,1H3. The van der Waals surface area contributed by atoms with Gasteiger partial charge in [-0.15, -0.1) is 0 Å². The molecule has 2 aromatic rings. The lowest BCUT2D eigenvalue weighted by Crippen LogP contribution is -2.24. The molecule has 0 spiro atoms. The van der Waals surface area contributed by atoms with E-state index in [1.54, 1.807) is 0 Å². The maximum Gasteiger partial charge on any atom is 0.236 e. The highest BCUT2D eigenvalue weighted by Crippen LogP contribution is 2.39. The summed E-state index contributed by atoms with van der Waals surface area (Å²) >= 11 is 0. The van der Waals surface area contributed by atoms with Gasteiger partial charge in [-0.3, -0.25) is 14.5 Å². The largest absolute Gasteiger partial charge is 0.295 e. The molecular formula is C16H9F4NO2. The van der Waals surface area contributed by atoms with Gasteiger partial charge < -0.3 is 0 Å². The maximum atomic E-state index is 13.9. The van der Waals surface area contributed by atoms with Gasteiger partial charge in [0.2, 0.25) is 5.91 Å². The molecule has 1 aliphatic rings. The second-order valence-electron chi connectivity index (χ2n) is 5.12. The van der Waals surface area contributed by atoms with Gasteiger partial charge in [0.25, 0.3) is 0 Å². The third-order valence-corrected chi connectivity index (χ3v) is 3.63. The van der Waals surface area contributed by atoms with Crippen LogP contribution in [0.2, 0.25) is 0 Å². The molecule has 3 nitrogen and oxygen atoms in total. The predicted molar refractivity (Wildman–Crippen MR) is 73.6 cm³/mol. The van der Waals surface area contributed by atoms with E-state index in [0.717, 1.165) is 0 Å². The van der Waals surface area contributed by atoms with E-state index in [-0.39, 0.29) is 24.0 Å². The lowest BCUT2D eigenvalue weighted by molar-refractivity contribution is -0.116. The summed E-state index contributed by atoms with van der Waals surface area (Å²) in [5.74, 6) is -7.49. The van der Waals surface area contributed by atoms with Gasteiger partial charge in [-0.1, -0.05) is 0 Å². The second kappa shape index (κ2) is 5.19. The van der Waals surface area contributed by atoms with Crippen LogP contribution in [0.5, 0.6) is 0 Å². The first kappa shape index (κ1) is 15.2. The third kappa shape index (κ3) is 2.28. The van der Waals surface area contributed by atoms with E-state index < -0.39 is 34.9 Å². The predicted octanol–water partition coefficient (Wildman–Crippen LogP) is 3.67. The summed E-state index contributed by atoms with van der Waals surface area (Å²) in [7, 11) is 0. The Bertz CT molecular complexity index is 837. The molecule has 0 aliphatic carbocycles. The molecule has 0 bridgehead atoms. The quantitative estimate of drug-likeness (QED) is 0.480. The minimum atomic E-state index is -1.65. The van der Waals surface area contributed by atoms with Crippen molar-refractivity contribution in [2.75, 3.05) is 4.90 Å². The van der Waals surface area contributed by atoms with E-state index in [1.165, 1.54) is 25.1 Å². The number of rotatable bonds is 2. The van der Waals surface area contributed by atoms with E-state index in [4.69, 9.17) is 0 Å². The van der Waals surface area contributed by atoms with E-state index in [2.05, 4.69) is 0 Å². The number of carbonyl (C=O) groups excluding carboxylic acids is 2. The molecule has 0 aromatic heterocycles. The minimum Gasteiger partial charge on any atom is -0.295 e. The average Bonchev–Trinajstić information content (AvgIpc) is 2.81. The molecular weight excluding hydrogens is 314 g/mol. The number of ketones is 1. The number of amides is 1. The molecule has 0 N–H and O–H groups in total. The van der Waals surface area contributed by atoms with Crippen LogP contribution in [-0.2, 0) is 11.2 Å². The van der Waals surface area contributed by atoms with Crippen molar-refractivity contribution in [2.45, 2.75) is 13.3 Å². The van der Waals surface area contributed by atoms with Crippen molar-refractivity contribution in [2.24, 2.45) is 0 Å². The summed E-state index contributed by atoms with van der Waals surface area (Å²) in [6.45, 7) is 1.33. The highest BCUT2D eigenvalue weighted by Gasteiger charge is 2.35. The van der Waals surface area contributed by atoms with Gasteiger partial charge in [0, 0.05) is 11.6 Å². The Morgan fingerprint density at radius 1 is 1.04 bits per heavy atom. The van der Waals surface area contributed by atoms with Crippen molar-refractivity contribution in [3.05, 3.63) is 58.7 Å². The Labute approximate surface area is 128 Å². The fourth-order valence-corrected chi connectivity index (χ4v) is 2.54. The summed E-state index contributed by atoms with van der Waals surface area (Å²) in [5, 5.41) is 0. The van der Waals surface area contributed by atoms with Gasteiger partial charge in [0.1, 0.15) is 5.69 Å². The lowest BCUT2D eigenvalue weighted by atomic mass is 10.1. The number of Topliss-reactive ketones (excluding diaryl/α,β-unsaturated/α-hetero) is 1. The Balaban J connectivity index is 2.21. The highest BCUT2D eigenvalue weighted by molar-refractivity contribution is 6.08. The molecule has 0 fully saturated rings. The number of halogens is 4. The van der Waals surface area contributed by atoms with Crippen LogP contribution >= 0.6 is 0 Å². The van der Waals surface area contributed by atoms with Crippen molar-refractivity contribution in [3.63, 3.8) is 0 Å². The number of anilines is 2. The van der Waals surface area contributed by atoms with Crippen LogP contribution < -0.4 is 4.90 Å². The zero-order valence-electron chi connectivity index (χ0n) is 11.8. The van der Waals surface area contributed by atoms with Gasteiger partial charge in [-0.2, -0.15) is 0 Å². The summed E-state index contributed by atoms with van der Waals surface area (Å²) in [4.78, 5) is 24.1. The molecule has 0 saturated heterocycles. The van der Waals surface area contributed by atoms with Gasteiger partial charge in [-0.25, -0.2) is 17.6 Å². The van der Waals surface area contributed by atoms with Crippen molar-refractivity contribution < 1.29 is 27.2 Å². The highest BCUT2D eigenvalue weighted by atomic mass is 19.2. The Kier molecular flexibility index (Phi) is 3.43. The third-order valence-electron chi connectivity index (χ3n) is 3.63. The summed E-state index contributed by atoms with van der Waals surface area (Å²) in [6, 6.07) is 4.19. The molecule has 1 heterocycles. The molecule has 118 valence electrons. The fraction of sp³-hybridized carbons (Fsp3) is 0.125. The van der Waals surface area contributed by atoms with E-state index in [0.29, 0.717) is 16.0 Å². The lowest BCUT2D eigenvalue weighted by Gasteiger charge is -2.19. The zero-order valence-corrected chi connectivity index (χ0v) is 11.8. The number of benzene rings is 2. The molecule has 0 saturated carbocycles. The number of hydrogen-bond acceptors (Lipinski definition) is 2. The number of carbonyl (C=O) groups is 2. The van der Waals surface area contributed by atoms with Crippen LogP contribution in [0.3, 0.4) is 0 Å². The molecule has 0 atom stereocenters. The first-order chi connectivity index (χ1) is 10.8. The summed E-state index contributed by atoms with van der Waals surface area (Å²) in [5.41, 5.74) is -0.333. The first-order valence-corrected chi connectivity index (χ1v) is 6.61. The van der Waals surface area contributed by atoms with Crippen molar-refractivity contribution in [1.82, 2.24) is 0 Å². The van der Waals surface area contributed by atoms with Crippen LogP contribution in [0, 0.1) is 23.3 Å². The molecule has 2 aromatic carbocycles. The molecule has 3 rings (SSSR count). The fourth-order valence-electron chi connectivity index (χ4n) is 2.54. The second-order valence-corrected chi connectivity index (χ2v) is 5.12. The van der Waals surface area contributed by atoms with Crippen LogP contribution in [0.25, 0.3) is 0 Å². The molecule has 23 heavy (non-hydrogen) atoms. The van der Waals surface area contributed by atoms with Gasteiger partial charge in [-0.05, 0) is 30.7 Å². The topological polar surface area (TPSA) is 37.4 Å². The zero-order chi connectivity index (χ0) is 16.9. The number of nitrogens with zero attached hydrogens (tertiary/aromatic N) is 1. The van der Waals surface area contributed by atoms with Crippen LogP contribution in [-0.4, -0.2) is 11.7 Å². The van der Waals surface area contributed by atoms with Crippen LogP contribution in [0.15, 0.2) is 24.3 Å². The molecule has 0 unspecified atom stereocenters. The van der Waals surface area contributed by atoms with E-state index in [9.17, 15) is 27.2 Å². The molecule has 1 aliphatic heterocycles. The van der Waals surface area contributed by atoms with Crippen molar-refractivity contribution in [1.29, 1.82) is 0 Å². The molecule has 0 radical (unpaired) electrons. The van der Waals surface area contributed by atoms with Crippen LogP contribution in [0.4, 0.5) is 28.9 Å². The molecule has 1 amide bonds. The van der Waals surface area contributed by atoms with Gasteiger partial charge >= 0.3 is 0 Å². The smallest absolute Gasteiger partial charge is 0.236 e. The van der Waals surface area contributed by atoms with Gasteiger partial charge in [0.05, 0.1) is 12.1 Å². The van der Waals surface area contributed by atoms with Gasteiger partial charge in [0.15, 0.2) is 29.1 Å². The van der Waals surface area contributed by atoms with E-state index in [1.807, 2.05) is 0 Å². The summed E-state index contributed by atoms with van der Waals surface area (Å²) in [6.07, 6.45) is -0.229. The Morgan fingerprint density at radius 2 is 1.65 bits per heavy atom.